The maximum absolute atomic E-state index is 13.6. The standard InChI is InChI=1S/C23H14BrClFNO2S2/c24-16-6-9-20(29-13-14-4-7-17(25)8-5-14)15(10-16)11-21-22(28)27(23(30)31-21)19-3-1-2-18(26)12-19/h1-12H,13H2/b21-11-. The molecular formula is C23H14BrClFNO2S2. The lowest BCUT2D eigenvalue weighted by Gasteiger charge is -2.14. The van der Waals surface area contributed by atoms with Gasteiger partial charge in [-0.1, -0.05) is 69.7 Å². The highest BCUT2D eigenvalue weighted by molar-refractivity contribution is 9.10. The van der Waals surface area contributed by atoms with E-state index in [1.165, 1.54) is 28.8 Å². The number of benzene rings is 3. The minimum absolute atomic E-state index is 0.302. The second-order valence-electron chi connectivity index (χ2n) is 6.59. The smallest absolute Gasteiger partial charge is 0.270 e. The van der Waals surface area contributed by atoms with Crippen LogP contribution >= 0.6 is 51.5 Å². The first-order valence-electron chi connectivity index (χ1n) is 9.11. The molecule has 156 valence electrons. The quantitative estimate of drug-likeness (QED) is 0.255. The average molecular weight is 535 g/mol. The van der Waals surface area contributed by atoms with Crippen molar-refractivity contribution in [2.75, 3.05) is 4.90 Å². The SMILES string of the molecule is O=C1/C(=C/c2cc(Br)ccc2OCc2ccc(Cl)cc2)SC(=S)N1c1cccc(F)c1. The molecule has 3 nitrogen and oxygen atoms in total. The number of thiocarbonyl (C=S) groups is 1. The molecule has 8 heteroatoms. The van der Waals surface area contributed by atoms with Crippen molar-refractivity contribution in [2.45, 2.75) is 6.61 Å². The fourth-order valence-corrected chi connectivity index (χ4v) is 4.75. The summed E-state index contributed by atoms with van der Waals surface area (Å²) in [5.41, 5.74) is 2.10. The van der Waals surface area contributed by atoms with Gasteiger partial charge in [-0.15, -0.1) is 0 Å². The molecule has 4 rings (SSSR count). The first-order valence-corrected chi connectivity index (χ1v) is 11.5. The number of hydrogen-bond donors (Lipinski definition) is 0. The number of thioether (sulfide) groups is 1. The number of ether oxygens (including phenoxy) is 1. The van der Waals surface area contributed by atoms with E-state index in [0.29, 0.717) is 32.3 Å². The number of amides is 1. The Balaban J connectivity index is 1.60. The van der Waals surface area contributed by atoms with Gasteiger partial charge in [0.15, 0.2) is 4.32 Å². The summed E-state index contributed by atoms with van der Waals surface area (Å²) in [4.78, 5) is 14.8. The van der Waals surface area contributed by atoms with Gasteiger partial charge in [-0.2, -0.15) is 0 Å². The maximum Gasteiger partial charge on any atom is 0.270 e. The van der Waals surface area contributed by atoms with Crippen molar-refractivity contribution in [3.63, 3.8) is 0 Å². The predicted molar refractivity (Wildman–Crippen MR) is 132 cm³/mol. The Morgan fingerprint density at radius 1 is 1.13 bits per heavy atom. The van der Waals surface area contributed by atoms with Crippen LogP contribution in [-0.2, 0) is 11.4 Å². The van der Waals surface area contributed by atoms with Gasteiger partial charge in [-0.05, 0) is 60.2 Å². The van der Waals surface area contributed by atoms with Crippen LogP contribution in [0.4, 0.5) is 10.1 Å². The summed E-state index contributed by atoms with van der Waals surface area (Å²) >= 11 is 15.9. The van der Waals surface area contributed by atoms with Crippen LogP contribution in [0.15, 0.2) is 76.1 Å². The summed E-state index contributed by atoms with van der Waals surface area (Å²) in [6.07, 6.45) is 1.74. The molecule has 1 aliphatic rings. The van der Waals surface area contributed by atoms with Gasteiger partial charge in [0.2, 0.25) is 0 Å². The van der Waals surface area contributed by atoms with Crippen molar-refractivity contribution in [2.24, 2.45) is 0 Å². The molecule has 0 N–H and O–H groups in total. The Labute approximate surface area is 202 Å². The number of carbonyl (C=O) groups is 1. The summed E-state index contributed by atoms with van der Waals surface area (Å²) in [5, 5.41) is 0.661. The van der Waals surface area contributed by atoms with Crippen molar-refractivity contribution in [3.8, 4) is 5.75 Å². The third-order valence-electron chi connectivity index (χ3n) is 4.43. The Kier molecular flexibility index (Phi) is 6.77. The highest BCUT2D eigenvalue weighted by Gasteiger charge is 2.33. The molecule has 0 aromatic heterocycles. The van der Waals surface area contributed by atoms with E-state index in [0.717, 1.165) is 15.6 Å². The highest BCUT2D eigenvalue weighted by Crippen LogP contribution is 2.38. The van der Waals surface area contributed by atoms with Crippen LogP contribution < -0.4 is 9.64 Å². The van der Waals surface area contributed by atoms with Crippen LogP contribution in [0.2, 0.25) is 5.02 Å². The van der Waals surface area contributed by atoms with Crippen LogP contribution in [0.25, 0.3) is 6.08 Å². The van der Waals surface area contributed by atoms with Crippen LogP contribution in [0.5, 0.6) is 5.75 Å². The number of halogens is 3. The Bertz CT molecular complexity index is 1200. The van der Waals surface area contributed by atoms with E-state index in [9.17, 15) is 9.18 Å². The van der Waals surface area contributed by atoms with Crippen molar-refractivity contribution in [3.05, 3.63) is 98.1 Å². The summed E-state index contributed by atoms with van der Waals surface area (Å²) < 4.78 is 20.8. The molecule has 1 heterocycles. The molecule has 0 atom stereocenters. The van der Waals surface area contributed by atoms with Crippen LogP contribution in [0.3, 0.4) is 0 Å². The number of anilines is 1. The molecule has 3 aromatic carbocycles. The summed E-state index contributed by atoms with van der Waals surface area (Å²) in [6.45, 7) is 0.351. The molecule has 0 radical (unpaired) electrons. The summed E-state index contributed by atoms with van der Waals surface area (Å²) in [6, 6.07) is 18.8. The highest BCUT2D eigenvalue weighted by atomic mass is 79.9. The lowest BCUT2D eigenvalue weighted by molar-refractivity contribution is -0.113. The van der Waals surface area contributed by atoms with Crippen molar-refractivity contribution in [1.29, 1.82) is 0 Å². The number of hydrogen-bond acceptors (Lipinski definition) is 4. The van der Waals surface area contributed by atoms with Crippen LogP contribution in [0.1, 0.15) is 11.1 Å². The molecule has 3 aromatic rings. The fourth-order valence-electron chi connectivity index (χ4n) is 2.95. The van der Waals surface area contributed by atoms with Gasteiger partial charge in [0.1, 0.15) is 18.2 Å². The zero-order valence-corrected chi connectivity index (χ0v) is 19.8. The van der Waals surface area contributed by atoms with Gasteiger partial charge in [-0.25, -0.2) is 4.39 Å². The van der Waals surface area contributed by atoms with Gasteiger partial charge >= 0.3 is 0 Å². The third kappa shape index (κ3) is 5.18. The summed E-state index contributed by atoms with van der Waals surface area (Å²) in [7, 11) is 0. The van der Waals surface area contributed by atoms with E-state index < -0.39 is 5.82 Å². The monoisotopic (exact) mass is 533 g/mol. The number of carbonyl (C=O) groups excluding carboxylic acids is 1. The van der Waals surface area contributed by atoms with E-state index >= 15 is 0 Å². The molecule has 0 aliphatic carbocycles. The van der Waals surface area contributed by atoms with Crippen LogP contribution in [0, 0.1) is 5.82 Å². The third-order valence-corrected chi connectivity index (χ3v) is 6.47. The minimum Gasteiger partial charge on any atom is -0.488 e. The van der Waals surface area contributed by atoms with Gasteiger partial charge in [-0.3, -0.25) is 9.69 Å². The minimum atomic E-state index is -0.430. The number of nitrogens with zero attached hydrogens (tertiary/aromatic N) is 1. The second kappa shape index (κ2) is 9.53. The topological polar surface area (TPSA) is 29.5 Å². The van der Waals surface area contributed by atoms with E-state index in [1.807, 2.05) is 30.3 Å². The van der Waals surface area contributed by atoms with Gasteiger partial charge in [0, 0.05) is 15.1 Å². The zero-order chi connectivity index (χ0) is 22.0. The molecule has 0 saturated carbocycles. The molecular weight excluding hydrogens is 521 g/mol. The van der Waals surface area contributed by atoms with Gasteiger partial charge < -0.3 is 4.74 Å². The van der Waals surface area contributed by atoms with Crippen molar-refractivity contribution >= 4 is 73.5 Å². The van der Waals surface area contributed by atoms with E-state index in [4.69, 9.17) is 28.6 Å². The van der Waals surface area contributed by atoms with Crippen molar-refractivity contribution in [1.82, 2.24) is 0 Å². The summed E-state index contributed by atoms with van der Waals surface area (Å²) in [5.74, 6) is -0.112. The first-order chi connectivity index (χ1) is 14.9. The zero-order valence-electron chi connectivity index (χ0n) is 15.8. The first kappa shape index (κ1) is 22.0. The normalized spacial score (nSPS) is 15.1. The second-order valence-corrected chi connectivity index (χ2v) is 9.62. The Morgan fingerprint density at radius 2 is 1.90 bits per heavy atom. The Morgan fingerprint density at radius 3 is 2.65 bits per heavy atom. The van der Waals surface area contributed by atoms with E-state index in [-0.39, 0.29) is 5.91 Å². The molecule has 1 saturated heterocycles. The van der Waals surface area contributed by atoms with Gasteiger partial charge in [0.05, 0.1) is 10.6 Å². The Hall–Kier alpha value is -2.19. The van der Waals surface area contributed by atoms with Gasteiger partial charge in [0.25, 0.3) is 5.91 Å². The molecule has 0 spiro atoms. The van der Waals surface area contributed by atoms with Crippen molar-refractivity contribution < 1.29 is 13.9 Å². The lowest BCUT2D eigenvalue weighted by atomic mass is 10.1. The van der Waals surface area contributed by atoms with Crippen LogP contribution in [-0.4, -0.2) is 10.2 Å². The van der Waals surface area contributed by atoms with E-state index in [2.05, 4.69) is 15.9 Å². The largest absolute Gasteiger partial charge is 0.488 e. The molecule has 0 unspecified atom stereocenters. The molecule has 0 bridgehead atoms. The maximum atomic E-state index is 13.6. The molecule has 1 fully saturated rings. The lowest BCUT2D eigenvalue weighted by Crippen LogP contribution is -2.27. The van der Waals surface area contributed by atoms with E-state index in [1.54, 1.807) is 30.3 Å². The average Bonchev–Trinajstić information content (AvgIpc) is 3.01. The predicted octanol–water partition coefficient (Wildman–Crippen LogP) is 7.23. The molecule has 1 aliphatic heterocycles. The fraction of sp³-hybridized carbons (Fsp3) is 0.0435. The number of rotatable bonds is 5. The molecule has 1 amide bonds. The molecule has 31 heavy (non-hydrogen) atoms.